The van der Waals surface area contributed by atoms with E-state index < -0.39 is 6.10 Å². The highest BCUT2D eigenvalue weighted by Crippen LogP contribution is 2.29. The average molecular weight is 287 g/mol. The molecule has 0 saturated heterocycles. The Morgan fingerprint density at radius 1 is 1.29 bits per heavy atom. The third-order valence-corrected chi connectivity index (χ3v) is 4.34. The maximum absolute atomic E-state index is 10.2. The predicted octanol–water partition coefficient (Wildman–Crippen LogP) is 4.64. The Kier molecular flexibility index (Phi) is 4.10. The fraction of sp³-hybridized carbons (Fsp3) is 0.231. The van der Waals surface area contributed by atoms with Crippen molar-refractivity contribution in [3.63, 3.8) is 0 Å². The van der Waals surface area contributed by atoms with Gasteiger partial charge < -0.3 is 5.11 Å². The van der Waals surface area contributed by atoms with E-state index in [1.165, 1.54) is 0 Å². The van der Waals surface area contributed by atoms with Crippen molar-refractivity contribution < 1.29 is 5.11 Å². The number of rotatable bonds is 3. The van der Waals surface area contributed by atoms with Gasteiger partial charge in [-0.15, -0.1) is 11.3 Å². The molecule has 1 heterocycles. The van der Waals surface area contributed by atoms with Crippen LogP contribution in [-0.2, 0) is 6.42 Å². The normalized spacial score (nSPS) is 12.7. The van der Waals surface area contributed by atoms with Crippen molar-refractivity contribution in [2.24, 2.45) is 0 Å². The van der Waals surface area contributed by atoms with E-state index in [0.29, 0.717) is 16.5 Å². The highest BCUT2D eigenvalue weighted by atomic mass is 35.5. The van der Waals surface area contributed by atoms with E-state index in [-0.39, 0.29) is 0 Å². The van der Waals surface area contributed by atoms with Crippen molar-refractivity contribution in [1.82, 2.24) is 0 Å². The summed E-state index contributed by atoms with van der Waals surface area (Å²) in [7, 11) is 0. The lowest BCUT2D eigenvalue weighted by atomic mass is 10.1. The van der Waals surface area contributed by atoms with Crippen molar-refractivity contribution in [1.29, 1.82) is 0 Å². The van der Waals surface area contributed by atoms with Crippen molar-refractivity contribution in [3.05, 3.63) is 55.7 Å². The first kappa shape index (κ1) is 12.9. The molecule has 0 spiro atoms. The van der Waals surface area contributed by atoms with Gasteiger partial charge in [-0.25, -0.2) is 0 Å². The molecule has 0 aliphatic carbocycles. The number of hydrogen-bond acceptors (Lipinski definition) is 2. The molecule has 90 valence electrons. The maximum Gasteiger partial charge on any atom is 0.0925 e. The largest absolute Gasteiger partial charge is 0.387 e. The number of thiophene rings is 1. The lowest BCUT2D eigenvalue weighted by Crippen LogP contribution is -2.01. The Labute approximate surface area is 115 Å². The van der Waals surface area contributed by atoms with E-state index in [9.17, 15) is 5.11 Å². The minimum absolute atomic E-state index is 0.506. The summed E-state index contributed by atoms with van der Waals surface area (Å²) in [6, 6.07) is 7.35. The third kappa shape index (κ3) is 3.02. The Morgan fingerprint density at radius 3 is 2.65 bits per heavy atom. The summed E-state index contributed by atoms with van der Waals surface area (Å²) in [5, 5.41) is 13.4. The first-order valence-electron chi connectivity index (χ1n) is 5.24. The molecular weight excluding hydrogens is 275 g/mol. The molecule has 1 N–H and O–H groups in total. The summed E-state index contributed by atoms with van der Waals surface area (Å²) < 4.78 is 0. The number of aliphatic hydroxyl groups is 1. The molecule has 0 radical (unpaired) electrons. The minimum Gasteiger partial charge on any atom is -0.387 e. The molecule has 1 aromatic heterocycles. The van der Waals surface area contributed by atoms with Crippen LogP contribution in [0.3, 0.4) is 0 Å². The Morgan fingerprint density at radius 2 is 2.06 bits per heavy atom. The summed E-state index contributed by atoms with van der Waals surface area (Å²) >= 11 is 13.5. The molecular formula is C13H12Cl2OS. The van der Waals surface area contributed by atoms with Crippen LogP contribution in [0.25, 0.3) is 0 Å². The lowest BCUT2D eigenvalue weighted by molar-refractivity contribution is 0.181. The molecule has 0 aliphatic heterocycles. The molecule has 1 aromatic carbocycles. The lowest BCUT2D eigenvalue weighted by Gasteiger charge is -2.11. The molecule has 0 bridgehead atoms. The quantitative estimate of drug-likeness (QED) is 0.872. The van der Waals surface area contributed by atoms with E-state index in [0.717, 1.165) is 16.0 Å². The summed E-state index contributed by atoms with van der Waals surface area (Å²) in [4.78, 5) is 0.996. The van der Waals surface area contributed by atoms with Crippen LogP contribution in [0.5, 0.6) is 0 Å². The first-order chi connectivity index (χ1) is 8.08. The number of benzene rings is 1. The van der Waals surface area contributed by atoms with Crippen molar-refractivity contribution in [3.8, 4) is 0 Å². The van der Waals surface area contributed by atoms with Gasteiger partial charge >= 0.3 is 0 Å². The monoisotopic (exact) mass is 286 g/mol. The number of halogens is 2. The van der Waals surface area contributed by atoms with E-state index in [1.54, 1.807) is 23.5 Å². The van der Waals surface area contributed by atoms with Crippen molar-refractivity contribution in [2.75, 3.05) is 0 Å². The van der Waals surface area contributed by atoms with Crippen LogP contribution in [0.1, 0.15) is 22.1 Å². The number of hydrogen-bond donors (Lipinski definition) is 1. The van der Waals surface area contributed by atoms with Crippen LogP contribution >= 0.6 is 34.5 Å². The zero-order valence-electron chi connectivity index (χ0n) is 9.28. The van der Waals surface area contributed by atoms with E-state index in [1.807, 2.05) is 24.4 Å². The van der Waals surface area contributed by atoms with Gasteiger partial charge in [-0.1, -0.05) is 29.3 Å². The standard InChI is InChI=1S/C13H12Cl2OS/c1-8-4-5-17-13(8)12(16)6-9-2-3-10(14)7-11(9)15/h2-5,7,12,16H,6H2,1H3. The summed E-state index contributed by atoms with van der Waals surface area (Å²) in [5.41, 5.74) is 2.03. The first-order valence-corrected chi connectivity index (χ1v) is 6.87. The van der Waals surface area contributed by atoms with E-state index >= 15 is 0 Å². The summed E-state index contributed by atoms with van der Waals surface area (Å²) in [6.45, 7) is 2.00. The molecule has 0 amide bonds. The van der Waals surface area contributed by atoms with Gasteiger partial charge in [0.25, 0.3) is 0 Å². The molecule has 1 unspecified atom stereocenters. The molecule has 17 heavy (non-hydrogen) atoms. The van der Waals surface area contributed by atoms with Crippen LogP contribution < -0.4 is 0 Å². The zero-order chi connectivity index (χ0) is 12.4. The van der Waals surface area contributed by atoms with Gasteiger partial charge in [0, 0.05) is 21.3 Å². The second-order valence-electron chi connectivity index (χ2n) is 3.92. The highest BCUT2D eigenvalue weighted by molar-refractivity contribution is 7.10. The van der Waals surface area contributed by atoms with Gasteiger partial charge in [0.15, 0.2) is 0 Å². The third-order valence-electron chi connectivity index (χ3n) is 2.63. The maximum atomic E-state index is 10.2. The predicted molar refractivity (Wildman–Crippen MR) is 74.2 cm³/mol. The second kappa shape index (κ2) is 5.40. The topological polar surface area (TPSA) is 20.2 Å². The van der Waals surface area contributed by atoms with Crippen molar-refractivity contribution >= 4 is 34.5 Å². The summed E-state index contributed by atoms with van der Waals surface area (Å²) in [6.07, 6.45) is 0.00541. The fourth-order valence-electron chi connectivity index (χ4n) is 1.71. The van der Waals surface area contributed by atoms with Crippen LogP contribution in [0, 0.1) is 6.92 Å². The van der Waals surface area contributed by atoms with E-state index in [2.05, 4.69) is 0 Å². The fourth-order valence-corrected chi connectivity index (χ4v) is 3.11. The second-order valence-corrected chi connectivity index (χ2v) is 5.71. The van der Waals surface area contributed by atoms with Crippen molar-refractivity contribution in [2.45, 2.75) is 19.4 Å². The van der Waals surface area contributed by atoms with Gasteiger partial charge in [-0.05, 0) is 41.6 Å². The molecule has 2 aromatic rings. The van der Waals surface area contributed by atoms with Crippen LogP contribution in [0.15, 0.2) is 29.6 Å². The van der Waals surface area contributed by atoms with Gasteiger partial charge in [-0.3, -0.25) is 0 Å². The van der Waals surface area contributed by atoms with E-state index in [4.69, 9.17) is 23.2 Å². The minimum atomic E-state index is -0.506. The Bertz CT molecular complexity index is 522. The Balaban J connectivity index is 2.19. The zero-order valence-corrected chi connectivity index (χ0v) is 11.6. The molecule has 4 heteroatoms. The van der Waals surface area contributed by atoms with Crippen LogP contribution in [-0.4, -0.2) is 5.11 Å². The molecule has 1 atom stereocenters. The molecule has 0 saturated carbocycles. The Hall–Kier alpha value is -0.540. The molecule has 2 rings (SSSR count). The molecule has 1 nitrogen and oxygen atoms in total. The van der Waals surface area contributed by atoms with Gasteiger partial charge in [0.1, 0.15) is 0 Å². The van der Waals surface area contributed by atoms with Crippen LogP contribution in [0.2, 0.25) is 10.0 Å². The molecule has 0 aliphatic rings. The number of aliphatic hydroxyl groups excluding tert-OH is 1. The smallest absolute Gasteiger partial charge is 0.0925 e. The highest BCUT2D eigenvalue weighted by Gasteiger charge is 2.14. The SMILES string of the molecule is Cc1ccsc1C(O)Cc1ccc(Cl)cc1Cl. The molecule has 0 fully saturated rings. The summed E-state index contributed by atoms with van der Waals surface area (Å²) in [5.74, 6) is 0. The number of aryl methyl sites for hydroxylation is 1. The van der Waals surface area contributed by atoms with Crippen LogP contribution in [0.4, 0.5) is 0 Å². The van der Waals surface area contributed by atoms with Gasteiger partial charge in [0.2, 0.25) is 0 Å². The average Bonchev–Trinajstić information content (AvgIpc) is 2.68. The van der Waals surface area contributed by atoms with Gasteiger partial charge in [-0.2, -0.15) is 0 Å². The van der Waals surface area contributed by atoms with Gasteiger partial charge in [0.05, 0.1) is 6.10 Å².